The lowest BCUT2D eigenvalue weighted by Gasteiger charge is -2.21. The van der Waals surface area contributed by atoms with E-state index in [1.807, 2.05) is 20.8 Å². The van der Waals surface area contributed by atoms with Crippen molar-refractivity contribution < 1.29 is 14.3 Å². The number of nitrogens with zero attached hydrogens (tertiary/aromatic N) is 1. The lowest BCUT2D eigenvalue weighted by atomic mass is 10.2. The van der Waals surface area contributed by atoms with Crippen molar-refractivity contribution in [3.05, 3.63) is 23.2 Å². The summed E-state index contributed by atoms with van der Waals surface area (Å²) in [7, 11) is 0. The van der Waals surface area contributed by atoms with E-state index in [0.29, 0.717) is 22.4 Å². The van der Waals surface area contributed by atoms with Crippen molar-refractivity contribution in [2.24, 2.45) is 5.92 Å². The summed E-state index contributed by atoms with van der Waals surface area (Å²) in [5.41, 5.74) is 0.0604. The molecule has 0 aromatic heterocycles. The number of carbonyl (C=O) groups is 1. The van der Waals surface area contributed by atoms with E-state index in [1.165, 1.54) is 0 Å². The highest BCUT2D eigenvalue weighted by Gasteiger charge is 2.25. The first-order valence-electron chi connectivity index (χ1n) is 8.81. The van der Waals surface area contributed by atoms with Gasteiger partial charge in [0.1, 0.15) is 17.5 Å². The lowest BCUT2D eigenvalue weighted by Crippen LogP contribution is -2.28. The zero-order valence-electron chi connectivity index (χ0n) is 15.8. The van der Waals surface area contributed by atoms with Crippen molar-refractivity contribution in [2.45, 2.75) is 52.7 Å². The summed E-state index contributed by atoms with van der Waals surface area (Å²) in [5, 5.41) is 3.25. The number of hydrogen-bond acceptors (Lipinski definition) is 4. The van der Waals surface area contributed by atoms with Crippen molar-refractivity contribution in [3.8, 4) is 5.75 Å². The number of amides is 1. The second kappa shape index (κ2) is 8.28. The number of rotatable bonds is 5. The quantitative estimate of drug-likeness (QED) is 0.811. The Morgan fingerprint density at radius 3 is 2.76 bits per heavy atom. The van der Waals surface area contributed by atoms with E-state index in [4.69, 9.17) is 21.1 Å². The molecule has 6 heteroatoms. The first-order chi connectivity index (χ1) is 11.6. The maximum Gasteiger partial charge on any atom is 0.412 e. The molecule has 1 aliphatic heterocycles. The van der Waals surface area contributed by atoms with Crippen LogP contribution in [0.3, 0.4) is 0 Å². The van der Waals surface area contributed by atoms with Crippen LogP contribution in [0, 0.1) is 5.92 Å². The normalized spacial score (nSPS) is 18.4. The summed E-state index contributed by atoms with van der Waals surface area (Å²) in [6, 6.07) is 5.21. The van der Waals surface area contributed by atoms with E-state index in [9.17, 15) is 4.79 Å². The fourth-order valence-electron chi connectivity index (χ4n) is 2.85. The molecule has 1 aromatic carbocycles. The van der Waals surface area contributed by atoms with Gasteiger partial charge in [0.05, 0.1) is 5.02 Å². The van der Waals surface area contributed by atoms with Crippen LogP contribution in [-0.2, 0) is 4.74 Å². The largest absolute Gasteiger partial charge is 0.487 e. The van der Waals surface area contributed by atoms with E-state index < -0.39 is 11.7 Å². The second-order valence-electron chi connectivity index (χ2n) is 7.95. The molecular weight excluding hydrogens is 340 g/mol. The number of halogens is 1. The van der Waals surface area contributed by atoms with Gasteiger partial charge in [-0.2, -0.15) is 0 Å². The van der Waals surface area contributed by atoms with Gasteiger partial charge in [-0.3, -0.25) is 10.2 Å². The van der Waals surface area contributed by atoms with Gasteiger partial charge in [-0.15, -0.1) is 0 Å². The fourth-order valence-corrected chi connectivity index (χ4v) is 3.01. The molecule has 1 amide bonds. The third-order valence-electron chi connectivity index (χ3n) is 3.72. The highest BCUT2D eigenvalue weighted by Crippen LogP contribution is 2.30. The van der Waals surface area contributed by atoms with Crippen LogP contribution in [-0.4, -0.2) is 42.3 Å². The van der Waals surface area contributed by atoms with Gasteiger partial charge in [0.2, 0.25) is 0 Å². The molecule has 5 nitrogen and oxygen atoms in total. The van der Waals surface area contributed by atoms with Crippen LogP contribution in [0.25, 0.3) is 0 Å². The summed E-state index contributed by atoms with van der Waals surface area (Å²) in [5.74, 6) is 1.23. The van der Waals surface area contributed by atoms with Gasteiger partial charge in [-0.1, -0.05) is 25.4 Å². The molecular formula is C19H29ClN2O3. The number of anilines is 1. The average molecular weight is 369 g/mol. The van der Waals surface area contributed by atoms with Gasteiger partial charge in [0.15, 0.2) is 0 Å². The Hall–Kier alpha value is -1.46. The molecule has 1 heterocycles. The molecule has 0 unspecified atom stereocenters. The number of benzene rings is 1. The number of likely N-dealkylation sites (tertiary alicyclic amines) is 1. The highest BCUT2D eigenvalue weighted by molar-refractivity contribution is 6.32. The average Bonchev–Trinajstić information content (AvgIpc) is 2.86. The van der Waals surface area contributed by atoms with Crippen molar-refractivity contribution in [2.75, 3.05) is 25.0 Å². The molecule has 1 aromatic rings. The SMILES string of the molecule is CC(C)CN1CC[C@@H](Oc2cc(NC(=O)OC(C)(C)C)ccc2Cl)C1. The Labute approximate surface area is 155 Å². The molecule has 1 N–H and O–H groups in total. The molecule has 0 aliphatic carbocycles. The first-order valence-corrected chi connectivity index (χ1v) is 9.19. The minimum absolute atomic E-state index is 0.119. The maximum absolute atomic E-state index is 11.9. The van der Waals surface area contributed by atoms with Crippen LogP contribution in [0.4, 0.5) is 10.5 Å². The van der Waals surface area contributed by atoms with Gasteiger partial charge >= 0.3 is 6.09 Å². The second-order valence-corrected chi connectivity index (χ2v) is 8.36. The molecule has 0 spiro atoms. The van der Waals surface area contributed by atoms with Gasteiger partial charge in [-0.25, -0.2) is 4.79 Å². The maximum atomic E-state index is 11.9. The predicted molar refractivity (Wildman–Crippen MR) is 102 cm³/mol. The fraction of sp³-hybridized carbons (Fsp3) is 0.632. The zero-order valence-corrected chi connectivity index (χ0v) is 16.5. The van der Waals surface area contributed by atoms with Crippen LogP contribution in [0.5, 0.6) is 5.75 Å². The first kappa shape index (κ1) is 19.9. The van der Waals surface area contributed by atoms with Gasteiger partial charge in [0.25, 0.3) is 0 Å². The van der Waals surface area contributed by atoms with E-state index in [0.717, 1.165) is 26.1 Å². The van der Waals surface area contributed by atoms with Crippen LogP contribution in [0.1, 0.15) is 41.0 Å². The Morgan fingerprint density at radius 2 is 2.12 bits per heavy atom. The van der Waals surface area contributed by atoms with Crippen LogP contribution in [0.15, 0.2) is 18.2 Å². The van der Waals surface area contributed by atoms with Gasteiger partial charge in [0, 0.05) is 31.4 Å². The molecule has 1 atom stereocenters. The Balaban J connectivity index is 1.96. The molecule has 140 valence electrons. The smallest absolute Gasteiger partial charge is 0.412 e. The van der Waals surface area contributed by atoms with E-state index >= 15 is 0 Å². The third-order valence-corrected chi connectivity index (χ3v) is 4.03. The topological polar surface area (TPSA) is 50.8 Å². The van der Waals surface area contributed by atoms with Crippen molar-refractivity contribution in [1.82, 2.24) is 4.90 Å². The summed E-state index contributed by atoms with van der Waals surface area (Å²) in [6.07, 6.45) is 0.602. The molecule has 1 saturated heterocycles. The monoisotopic (exact) mass is 368 g/mol. The molecule has 25 heavy (non-hydrogen) atoms. The van der Waals surface area contributed by atoms with E-state index in [1.54, 1.807) is 18.2 Å². The van der Waals surface area contributed by atoms with Crippen LogP contribution < -0.4 is 10.1 Å². The molecule has 2 rings (SSSR count). The highest BCUT2D eigenvalue weighted by atomic mass is 35.5. The number of nitrogens with one attached hydrogen (secondary N) is 1. The van der Waals surface area contributed by atoms with Gasteiger partial charge < -0.3 is 9.47 Å². The third kappa shape index (κ3) is 6.75. The molecule has 1 aliphatic rings. The molecule has 0 radical (unpaired) electrons. The minimum atomic E-state index is -0.542. The minimum Gasteiger partial charge on any atom is -0.487 e. The van der Waals surface area contributed by atoms with E-state index in [-0.39, 0.29) is 6.10 Å². The van der Waals surface area contributed by atoms with Crippen LogP contribution in [0.2, 0.25) is 5.02 Å². The predicted octanol–water partition coefficient (Wildman–Crippen LogP) is 4.80. The summed E-state index contributed by atoms with van der Waals surface area (Å²) < 4.78 is 11.3. The standard InChI is InChI=1S/C19H29ClN2O3/c1-13(2)11-22-9-8-15(12-22)24-17-10-14(6-7-16(17)20)21-18(23)25-19(3,4)5/h6-7,10,13,15H,8-9,11-12H2,1-5H3,(H,21,23)/t15-/m1/s1. The summed E-state index contributed by atoms with van der Waals surface area (Å²) >= 11 is 6.26. The van der Waals surface area contributed by atoms with Crippen molar-refractivity contribution in [1.29, 1.82) is 0 Å². The molecule has 0 bridgehead atoms. The zero-order chi connectivity index (χ0) is 18.6. The molecule has 0 saturated carbocycles. The Kier molecular flexibility index (Phi) is 6.58. The molecule has 1 fully saturated rings. The van der Waals surface area contributed by atoms with E-state index in [2.05, 4.69) is 24.1 Å². The number of ether oxygens (including phenoxy) is 2. The number of hydrogen-bond donors (Lipinski definition) is 1. The summed E-state index contributed by atoms with van der Waals surface area (Å²) in [6.45, 7) is 12.9. The number of carbonyl (C=O) groups excluding carboxylic acids is 1. The summed E-state index contributed by atoms with van der Waals surface area (Å²) in [4.78, 5) is 14.3. The Bertz CT molecular complexity index is 599. The van der Waals surface area contributed by atoms with Gasteiger partial charge in [-0.05, 0) is 45.2 Å². The van der Waals surface area contributed by atoms with Crippen LogP contribution >= 0.6 is 11.6 Å². The Morgan fingerprint density at radius 1 is 1.40 bits per heavy atom. The lowest BCUT2D eigenvalue weighted by molar-refractivity contribution is 0.0636. The van der Waals surface area contributed by atoms with Crippen molar-refractivity contribution in [3.63, 3.8) is 0 Å². The van der Waals surface area contributed by atoms with Crippen molar-refractivity contribution >= 4 is 23.4 Å².